The summed E-state index contributed by atoms with van der Waals surface area (Å²) in [6.07, 6.45) is 1.57. The molecule has 0 atom stereocenters. The van der Waals surface area contributed by atoms with E-state index in [1.165, 1.54) is 11.0 Å². The Labute approximate surface area is 126 Å². The van der Waals surface area contributed by atoms with Crippen LogP contribution in [0.1, 0.15) is 30.9 Å². The number of hydrogen-bond acceptors (Lipinski definition) is 2. The monoisotopic (exact) mass is 301 g/mol. The minimum atomic E-state index is -3.50. The van der Waals surface area contributed by atoms with Gasteiger partial charge in [-0.3, -0.25) is 4.72 Å². The molecule has 4 heteroatoms. The Morgan fingerprint density at radius 1 is 0.952 bits per heavy atom. The van der Waals surface area contributed by atoms with Crippen molar-refractivity contribution < 1.29 is 8.42 Å². The van der Waals surface area contributed by atoms with Crippen LogP contribution in [0.4, 0.5) is 5.69 Å². The van der Waals surface area contributed by atoms with Gasteiger partial charge in [-0.05, 0) is 35.3 Å². The molecule has 0 saturated carbocycles. The molecule has 0 unspecified atom stereocenters. The second kappa shape index (κ2) is 6.59. The third kappa shape index (κ3) is 4.76. The molecule has 0 amide bonds. The van der Waals surface area contributed by atoms with Crippen molar-refractivity contribution in [2.75, 3.05) is 4.72 Å². The number of benzene rings is 2. The summed E-state index contributed by atoms with van der Waals surface area (Å²) in [7, 11) is -3.50. The second-order valence-corrected chi connectivity index (χ2v) is 6.70. The van der Waals surface area contributed by atoms with Gasteiger partial charge in [-0.15, -0.1) is 0 Å². The van der Waals surface area contributed by atoms with Crippen LogP contribution in [0.25, 0.3) is 6.08 Å². The van der Waals surface area contributed by atoms with Crippen LogP contribution >= 0.6 is 0 Å². The topological polar surface area (TPSA) is 46.2 Å². The van der Waals surface area contributed by atoms with E-state index in [0.717, 1.165) is 5.56 Å². The summed E-state index contributed by atoms with van der Waals surface area (Å²) in [5.41, 5.74) is 2.59. The molecule has 0 saturated heterocycles. The lowest BCUT2D eigenvalue weighted by Gasteiger charge is -2.08. The van der Waals surface area contributed by atoms with Gasteiger partial charge in [0.2, 0.25) is 0 Å². The smallest absolute Gasteiger partial charge is 0.255 e. The van der Waals surface area contributed by atoms with E-state index in [-0.39, 0.29) is 0 Å². The maximum absolute atomic E-state index is 12.0. The quantitative estimate of drug-likeness (QED) is 0.898. The predicted octanol–water partition coefficient (Wildman–Crippen LogP) is 4.22. The highest BCUT2D eigenvalue weighted by Gasteiger charge is 2.06. The largest absolute Gasteiger partial charge is 0.280 e. The van der Waals surface area contributed by atoms with E-state index in [1.807, 2.05) is 42.5 Å². The average Bonchev–Trinajstić information content (AvgIpc) is 2.46. The first-order chi connectivity index (χ1) is 9.96. The first-order valence-electron chi connectivity index (χ1n) is 6.82. The molecule has 0 radical (unpaired) electrons. The van der Waals surface area contributed by atoms with Crippen molar-refractivity contribution in [2.24, 2.45) is 0 Å². The molecule has 0 fully saturated rings. The van der Waals surface area contributed by atoms with Crippen LogP contribution in [0.5, 0.6) is 0 Å². The summed E-state index contributed by atoms with van der Waals surface area (Å²) in [4.78, 5) is 0. The van der Waals surface area contributed by atoms with Gasteiger partial charge in [-0.2, -0.15) is 0 Å². The van der Waals surface area contributed by atoms with Gasteiger partial charge in [-0.1, -0.05) is 56.3 Å². The van der Waals surface area contributed by atoms with E-state index in [1.54, 1.807) is 18.2 Å². The minimum Gasteiger partial charge on any atom is -0.280 e. The van der Waals surface area contributed by atoms with Gasteiger partial charge in [0.15, 0.2) is 0 Å². The highest BCUT2D eigenvalue weighted by atomic mass is 32.2. The SMILES string of the molecule is CC(C)c1ccc(NS(=O)(=O)/C=C/c2ccccc2)cc1. The fraction of sp³-hybridized carbons (Fsp3) is 0.176. The highest BCUT2D eigenvalue weighted by molar-refractivity contribution is 7.95. The zero-order valence-electron chi connectivity index (χ0n) is 12.2. The lowest BCUT2D eigenvalue weighted by Crippen LogP contribution is -2.08. The Morgan fingerprint density at radius 3 is 2.14 bits per heavy atom. The van der Waals surface area contributed by atoms with Crippen LogP contribution in [0.3, 0.4) is 0 Å². The van der Waals surface area contributed by atoms with Crippen LogP contribution in [-0.4, -0.2) is 8.42 Å². The van der Waals surface area contributed by atoms with Crippen LogP contribution < -0.4 is 4.72 Å². The summed E-state index contributed by atoms with van der Waals surface area (Å²) >= 11 is 0. The highest BCUT2D eigenvalue weighted by Crippen LogP contribution is 2.18. The van der Waals surface area contributed by atoms with Crippen LogP contribution in [0.15, 0.2) is 60.0 Å². The normalized spacial score (nSPS) is 12.0. The van der Waals surface area contributed by atoms with Crippen LogP contribution in [0.2, 0.25) is 0 Å². The van der Waals surface area contributed by atoms with Crippen molar-refractivity contribution in [3.63, 3.8) is 0 Å². The molecule has 2 aromatic rings. The van der Waals surface area contributed by atoms with E-state index in [0.29, 0.717) is 11.6 Å². The summed E-state index contributed by atoms with van der Waals surface area (Å²) in [5.74, 6) is 0.425. The molecule has 3 nitrogen and oxygen atoms in total. The van der Waals surface area contributed by atoms with Gasteiger partial charge < -0.3 is 0 Å². The molecule has 21 heavy (non-hydrogen) atoms. The van der Waals surface area contributed by atoms with Crippen molar-refractivity contribution in [1.29, 1.82) is 0 Å². The molecule has 2 rings (SSSR count). The molecule has 0 bridgehead atoms. The minimum absolute atomic E-state index is 0.425. The molecule has 1 N–H and O–H groups in total. The van der Waals surface area contributed by atoms with Crippen molar-refractivity contribution >= 4 is 21.8 Å². The van der Waals surface area contributed by atoms with Crippen molar-refractivity contribution in [1.82, 2.24) is 0 Å². The predicted molar refractivity (Wildman–Crippen MR) is 88.5 cm³/mol. The van der Waals surface area contributed by atoms with Crippen molar-refractivity contribution in [2.45, 2.75) is 19.8 Å². The van der Waals surface area contributed by atoms with Crippen LogP contribution in [0, 0.1) is 0 Å². The zero-order chi connectivity index (χ0) is 15.3. The molecular weight excluding hydrogens is 282 g/mol. The molecular formula is C17H19NO2S. The summed E-state index contributed by atoms with van der Waals surface area (Å²) in [5, 5.41) is 1.18. The first-order valence-corrected chi connectivity index (χ1v) is 8.37. The van der Waals surface area contributed by atoms with Crippen molar-refractivity contribution in [3.05, 3.63) is 71.1 Å². The summed E-state index contributed by atoms with van der Waals surface area (Å²) in [6.45, 7) is 4.20. The Kier molecular flexibility index (Phi) is 4.81. The molecule has 0 aliphatic rings. The van der Waals surface area contributed by atoms with Gasteiger partial charge in [-0.25, -0.2) is 8.42 Å². The number of sulfonamides is 1. The fourth-order valence-corrected chi connectivity index (χ4v) is 2.74. The number of nitrogens with one attached hydrogen (secondary N) is 1. The lowest BCUT2D eigenvalue weighted by molar-refractivity contribution is 0.609. The van der Waals surface area contributed by atoms with Gasteiger partial charge in [0.1, 0.15) is 0 Å². The van der Waals surface area contributed by atoms with Gasteiger partial charge in [0.25, 0.3) is 10.0 Å². The van der Waals surface area contributed by atoms with Gasteiger partial charge in [0.05, 0.1) is 5.41 Å². The molecule has 110 valence electrons. The summed E-state index contributed by atoms with van der Waals surface area (Å²) < 4.78 is 26.5. The standard InChI is InChI=1S/C17H19NO2S/c1-14(2)16-8-10-17(11-9-16)18-21(19,20)13-12-15-6-4-3-5-7-15/h3-14,18H,1-2H3/b13-12+. The Balaban J connectivity index is 2.09. The third-order valence-corrected chi connectivity index (χ3v) is 4.09. The van der Waals surface area contributed by atoms with Crippen LogP contribution in [-0.2, 0) is 10.0 Å². The molecule has 0 aliphatic heterocycles. The molecule has 0 heterocycles. The van der Waals surface area contributed by atoms with E-state index in [9.17, 15) is 8.42 Å². The lowest BCUT2D eigenvalue weighted by atomic mass is 10.0. The Bertz CT molecular complexity index is 702. The number of anilines is 1. The second-order valence-electron chi connectivity index (χ2n) is 5.14. The third-order valence-electron chi connectivity index (χ3n) is 3.08. The van der Waals surface area contributed by atoms with E-state index >= 15 is 0 Å². The molecule has 0 aromatic heterocycles. The average molecular weight is 301 g/mol. The number of hydrogen-bond donors (Lipinski definition) is 1. The maximum atomic E-state index is 12.0. The van der Waals surface area contributed by atoms with Gasteiger partial charge >= 0.3 is 0 Å². The first kappa shape index (κ1) is 15.3. The van der Waals surface area contributed by atoms with E-state index in [2.05, 4.69) is 18.6 Å². The molecule has 2 aromatic carbocycles. The molecule has 0 spiro atoms. The zero-order valence-corrected chi connectivity index (χ0v) is 13.0. The van der Waals surface area contributed by atoms with E-state index in [4.69, 9.17) is 0 Å². The summed E-state index contributed by atoms with van der Waals surface area (Å²) in [6, 6.07) is 16.8. The Hall–Kier alpha value is -2.07. The maximum Gasteiger partial charge on any atom is 0.255 e. The van der Waals surface area contributed by atoms with Gasteiger partial charge in [0, 0.05) is 5.69 Å². The van der Waals surface area contributed by atoms with Crippen molar-refractivity contribution in [3.8, 4) is 0 Å². The molecule has 0 aliphatic carbocycles. The number of rotatable bonds is 5. The van der Waals surface area contributed by atoms with E-state index < -0.39 is 10.0 Å². The fourth-order valence-electron chi connectivity index (χ4n) is 1.87. The Morgan fingerprint density at radius 2 is 1.57 bits per heavy atom.